The van der Waals surface area contributed by atoms with Crippen LogP contribution in [-0.4, -0.2) is 29.9 Å². The summed E-state index contributed by atoms with van der Waals surface area (Å²) in [6, 6.07) is 7.61. The van der Waals surface area contributed by atoms with Gasteiger partial charge in [0.05, 0.1) is 6.61 Å². The maximum absolute atomic E-state index is 12.1. The number of carbonyl (C=O) groups excluding carboxylic acids is 2. The van der Waals surface area contributed by atoms with E-state index in [1.165, 1.54) is 0 Å². The van der Waals surface area contributed by atoms with Gasteiger partial charge in [0.25, 0.3) is 5.91 Å². The number of nitrogens with one attached hydrogen (secondary N) is 1. The summed E-state index contributed by atoms with van der Waals surface area (Å²) < 4.78 is 5.36. The van der Waals surface area contributed by atoms with E-state index in [1.807, 2.05) is 35.2 Å². The molecule has 0 spiro atoms. The van der Waals surface area contributed by atoms with Gasteiger partial charge in [-0.05, 0) is 43.0 Å². The van der Waals surface area contributed by atoms with Gasteiger partial charge < -0.3 is 15.0 Å². The normalized spacial score (nSPS) is 17.9. The fourth-order valence-corrected chi connectivity index (χ4v) is 2.75. The summed E-state index contributed by atoms with van der Waals surface area (Å²) >= 11 is 0. The number of ether oxygens (including phenoxy) is 1. The molecule has 1 aromatic carbocycles. The maximum Gasteiger partial charge on any atom is 0.290 e. The number of hydrogen-bond acceptors (Lipinski definition) is 3. The Bertz CT molecular complexity index is 610. The molecule has 1 fully saturated rings. The first-order chi connectivity index (χ1) is 10.7. The minimum absolute atomic E-state index is 0.204. The molecule has 2 aliphatic rings. The fourth-order valence-electron chi connectivity index (χ4n) is 2.75. The molecule has 0 radical (unpaired) electrons. The van der Waals surface area contributed by atoms with E-state index in [0.717, 1.165) is 37.1 Å². The number of amides is 2. The lowest BCUT2D eigenvalue weighted by Gasteiger charge is -2.17. The number of rotatable bonds is 4. The van der Waals surface area contributed by atoms with E-state index in [9.17, 15) is 9.59 Å². The van der Waals surface area contributed by atoms with Crippen molar-refractivity contribution in [3.63, 3.8) is 0 Å². The summed E-state index contributed by atoms with van der Waals surface area (Å²) in [6.45, 7) is 2.01. The zero-order valence-corrected chi connectivity index (χ0v) is 12.5. The summed E-state index contributed by atoms with van der Waals surface area (Å²) in [4.78, 5) is 25.6. The molecule has 116 valence electrons. The lowest BCUT2D eigenvalue weighted by Crippen LogP contribution is -2.24. The van der Waals surface area contributed by atoms with Crippen LogP contribution in [-0.2, 0) is 20.9 Å². The Morgan fingerprint density at radius 3 is 2.95 bits per heavy atom. The number of nitrogens with zero attached hydrogens (tertiary/aromatic N) is 1. The van der Waals surface area contributed by atoms with E-state index in [4.69, 9.17) is 4.74 Å². The highest BCUT2D eigenvalue weighted by atomic mass is 16.5. The number of allylic oxidation sites excluding steroid dienone is 1. The van der Waals surface area contributed by atoms with Crippen LogP contribution in [0.25, 0.3) is 0 Å². The van der Waals surface area contributed by atoms with Crippen molar-refractivity contribution in [2.24, 2.45) is 0 Å². The van der Waals surface area contributed by atoms with Gasteiger partial charge in [-0.25, -0.2) is 0 Å². The summed E-state index contributed by atoms with van der Waals surface area (Å²) in [5.41, 5.74) is 1.75. The van der Waals surface area contributed by atoms with Gasteiger partial charge in [-0.2, -0.15) is 0 Å². The summed E-state index contributed by atoms with van der Waals surface area (Å²) in [5, 5.41) is 2.85. The third-order valence-corrected chi connectivity index (χ3v) is 3.89. The molecular formula is C17H20N2O3. The highest BCUT2D eigenvalue weighted by Crippen LogP contribution is 2.18. The molecule has 0 aromatic heterocycles. The zero-order chi connectivity index (χ0) is 15.4. The van der Waals surface area contributed by atoms with Crippen molar-refractivity contribution < 1.29 is 14.3 Å². The summed E-state index contributed by atoms with van der Waals surface area (Å²) in [5.74, 6) is 0.385. The van der Waals surface area contributed by atoms with Gasteiger partial charge >= 0.3 is 0 Å². The molecule has 2 amide bonds. The van der Waals surface area contributed by atoms with E-state index >= 15 is 0 Å². The van der Waals surface area contributed by atoms with Gasteiger partial charge in [0.2, 0.25) is 5.91 Å². The number of benzene rings is 1. The van der Waals surface area contributed by atoms with Crippen molar-refractivity contribution >= 4 is 17.5 Å². The van der Waals surface area contributed by atoms with Crippen LogP contribution < -0.4 is 5.32 Å². The van der Waals surface area contributed by atoms with Gasteiger partial charge in [-0.15, -0.1) is 0 Å². The Morgan fingerprint density at radius 2 is 2.23 bits per heavy atom. The smallest absolute Gasteiger partial charge is 0.290 e. The Labute approximate surface area is 129 Å². The molecule has 22 heavy (non-hydrogen) atoms. The standard InChI is InChI=1S/C17H20N2O3/c20-16-8-4-9-19(16)12-13-5-3-6-14(11-13)18-17(21)15-7-1-2-10-22-15/h3,5-7,11H,1-2,4,8-10,12H2,(H,18,21). The van der Waals surface area contributed by atoms with E-state index < -0.39 is 0 Å². The van der Waals surface area contributed by atoms with Crippen LogP contribution in [0.15, 0.2) is 36.1 Å². The first kappa shape index (κ1) is 14.6. The second-order valence-corrected chi connectivity index (χ2v) is 5.63. The molecule has 2 heterocycles. The molecule has 0 atom stereocenters. The molecular weight excluding hydrogens is 280 g/mol. The molecule has 5 nitrogen and oxygen atoms in total. The predicted octanol–water partition coefficient (Wildman–Crippen LogP) is 2.44. The molecule has 1 saturated heterocycles. The van der Waals surface area contributed by atoms with Crippen LogP contribution in [0.4, 0.5) is 5.69 Å². The highest BCUT2D eigenvalue weighted by molar-refractivity contribution is 6.02. The van der Waals surface area contributed by atoms with Gasteiger partial charge in [0, 0.05) is 25.2 Å². The van der Waals surface area contributed by atoms with Crippen LogP contribution in [0, 0.1) is 0 Å². The lowest BCUT2D eigenvalue weighted by molar-refractivity contribution is -0.128. The van der Waals surface area contributed by atoms with E-state index in [2.05, 4.69) is 5.32 Å². The van der Waals surface area contributed by atoms with Crippen LogP contribution >= 0.6 is 0 Å². The lowest BCUT2D eigenvalue weighted by atomic mass is 10.2. The molecule has 1 N–H and O–H groups in total. The fraction of sp³-hybridized carbons (Fsp3) is 0.412. The highest BCUT2D eigenvalue weighted by Gasteiger charge is 2.20. The second kappa shape index (κ2) is 6.64. The third-order valence-electron chi connectivity index (χ3n) is 3.89. The van der Waals surface area contributed by atoms with Crippen molar-refractivity contribution in [3.8, 4) is 0 Å². The molecule has 5 heteroatoms. The minimum Gasteiger partial charge on any atom is -0.488 e. The monoisotopic (exact) mass is 300 g/mol. The summed E-state index contributed by atoms with van der Waals surface area (Å²) in [7, 11) is 0. The maximum atomic E-state index is 12.1. The first-order valence-corrected chi connectivity index (χ1v) is 7.73. The molecule has 0 bridgehead atoms. The van der Waals surface area contributed by atoms with Gasteiger partial charge in [0.15, 0.2) is 5.76 Å². The van der Waals surface area contributed by atoms with Crippen LogP contribution in [0.3, 0.4) is 0 Å². The topological polar surface area (TPSA) is 58.6 Å². The van der Waals surface area contributed by atoms with Crippen LogP contribution in [0.2, 0.25) is 0 Å². The number of anilines is 1. The van der Waals surface area contributed by atoms with Crippen molar-refractivity contribution in [1.82, 2.24) is 4.90 Å². The van der Waals surface area contributed by atoms with Crippen molar-refractivity contribution in [2.75, 3.05) is 18.5 Å². The first-order valence-electron chi connectivity index (χ1n) is 7.73. The average molecular weight is 300 g/mol. The molecule has 1 aromatic rings. The number of likely N-dealkylation sites (tertiary alicyclic amines) is 1. The van der Waals surface area contributed by atoms with Crippen molar-refractivity contribution in [2.45, 2.75) is 32.2 Å². The minimum atomic E-state index is -0.214. The molecule has 3 rings (SSSR count). The largest absolute Gasteiger partial charge is 0.488 e. The molecule has 0 aliphatic carbocycles. The van der Waals surface area contributed by atoms with Crippen molar-refractivity contribution in [1.29, 1.82) is 0 Å². The van der Waals surface area contributed by atoms with Crippen LogP contribution in [0.1, 0.15) is 31.2 Å². The molecule has 0 saturated carbocycles. The Balaban J connectivity index is 1.64. The number of carbonyl (C=O) groups is 2. The van der Waals surface area contributed by atoms with Gasteiger partial charge in [0.1, 0.15) is 0 Å². The predicted molar refractivity (Wildman–Crippen MR) is 83.0 cm³/mol. The van der Waals surface area contributed by atoms with E-state index in [0.29, 0.717) is 25.3 Å². The van der Waals surface area contributed by atoms with E-state index in [1.54, 1.807) is 0 Å². The average Bonchev–Trinajstić information content (AvgIpc) is 2.94. The van der Waals surface area contributed by atoms with E-state index in [-0.39, 0.29) is 11.8 Å². The zero-order valence-electron chi connectivity index (χ0n) is 12.5. The molecule has 2 aliphatic heterocycles. The van der Waals surface area contributed by atoms with Gasteiger partial charge in [-0.3, -0.25) is 9.59 Å². The Morgan fingerprint density at radius 1 is 1.32 bits per heavy atom. The van der Waals surface area contributed by atoms with Gasteiger partial charge in [-0.1, -0.05) is 12.1 Å². The quantitative estimate of drug-likeness (QED) is 0.929. The second-order valence-electron chi connectivity index (χ2n) is 5.63. The summed E-state index contributed by atoms with van der Waals surface area (Å²) in [6.07, 6.45) is 5.23. The van der Waals surface area contributed by atoms with Crippen molar-refractivity contribution in [3.05, 3.63) is 41.7 Å². The SMILES string of the molecule is O=C(Nc1cccc(CN2CCCC2=O)c1)C1=CCCCO1. The number of hydrogen-bond donors (Lipinski definition) is 1. The Hall–Kier alpha value is -2.30. The third kappa shape index (κ3) is 3.47. The Kier molecular flexibility index (Phi) is 4.42. The van der Waals surface area contributed by atoms with Crippen LogP contribution in [0.5, 0.6) is 0 Å². The molecule has 0 unspecified atom stereocenters.